The van der Waals surface area contributed by atoms with Crippen molar-refractivity contribution in [3.8, 4) is 11.5 Å². The first kappa shape index (κ1) is 11.6. The molecule has 19 heavy (non-hydrogen) atoms. The molecule has 96 valence electrons. The molecule has 0 aromatic heterocycles. The zero-order valence-corrected chi connectivity index (χ0v) is 10.1. The lowest BCUT2D eigenvalue weighted by molar-refractivity contribution is -0.158. The molecule has 1 aliphatic heterocycles. The van der Waals surface area contributed by atoms with E-state index in [-0.39, 0.29) is 0 Å². The Kier molecular flexibility index (Phi) is 2.83. The number of fused-ring (bicyclic) bond motifs is 2. The predicted octanol–water partition coefficient (Wildman–Crippen LogP) is 2.46. The predicted molar refractivity (Wildman–Crippen MR) is 68.4 cm³/mol. The third-order valence-corrected chi connectivity index (χ3v) is 3.00. The zero-order chi connectivity index (χ0) is 13.2. The van der Waals surface area contributed by atoms with Crippen LogP contribution in [0.5, 0.6) is 11.5 Å². The van der Waals surface area contributed by atoms with Crippen LogP contribution in [0.1, 0.15) is 11.1 Å². The van der Waals surface area contributed by atoms with Gasteiger partial charge in [-0.2, -0.15) is 0 Å². The Labute approximate surface area is 110 Å². The van der Waals surface area contributed by atoms with Crippen LogP contribution in [0.25, 0.3) is 0 Å². The molecule has 0 amide bonds. The topological polar surface area (TPSA) is 55.8 Å². The van der Waals surface area contributed by atoms with Crippen LogP contribution in [0.4, 0.5) is 0 Å². The van der Waals surface area contributed by atoms with Gasteiger partial charge in [-0.05, 0) is 23.3 Å². The van der Waals surface area contributed by atoms with E-state index in [0.717, 1.165) is 11.1 Å². The van der Waals surface area contributed by atoms with E-state index >= 15 is 0 Å². The van der Waals surface area contributed by atoms with E-state index in [1.165, 1.54) is 0 Å². The Morgan fingerprint density at radius 2 is 1.42 bits per heavy atom. The summed E-state index contributed by atoms with van der Waals surface area (Å²) >= 11 is 0. The molecule has 1 aliphatic rings. The fourth-order valence-electron chi connectivity index (χ4n) is 2.09. The monoisotopic (exact) mass is 256 g/mol. The molecule has 3 rings (SSSR count). The lowest BCUT2D eigenvalue weighted by atomic mass is 10.0. The summed E-state index contributed by atoms with van der Waals surface area (Å²) in [6.07, 6.45) is -0.679. The molecule has 2 aromatic carbocycles. The molecule has 0 fully saturated rings. The number of aliphatic carboxylic acids is 1. The molecule has 0 radical (unpaired) electrons. The van der Waals surface area contributed by atoms with Gasteiger partial charge in [0.25, 0.3) is 0 Å². The molecule has 0 bridgehead atoms. The summed E-state index contributed by atoms with van der Waals surface area (Å²) in [6, 6.07) is 14.8. The molecule has 1 N–H and O–H groups in total. The lowest BCUT2D eigenvalue weighted by Crippen LogP contribution is -2.34. The number of rotatable bonds is 1. The molecule has 0 aliphatic carbocycles. The number of para-hydroxylation sites is 2. The Morgan fingerprint density at radius 1 is 0.947 bits per heavy atom. The second-order valence-corrected chi connectivity index (χ2v) is 4.30. The van der Waals surface area contributed by atoms with Gasteiger partial charge in [0.05, 0.1) is 0 Å². The van der Waals surface area contributed by atoms with E-state index in [1.807, 2.05) is 36.4 Å². The van der Waals surface area contributed by atoms with Gasteiger partial charge in [0.1, 0.15) is 11.5 Å². The highest BCUT2D eigenvalue weighted by Gasteiger charge is 2.26. The minimum atomic E-state index is -1.33. The van der Waals surface area contributed by atoms with Crippen LogP contribution in [0, 0.1) is 0 Å². The van der Waals surface area contributed by atoms with Crippen LogP contribution in [0.15, 0.2) is 48.5 Å². The second-order valence-electron chi connectivity index (χ2n) is 4.30. The van der Waals surface area contributed by atoms with Crippen molar-refractivity contribution in [1.82, 2.24) is 0 Å². The minimum absolute atomic E-state index is 0.546. The Morgan fingerprint density at radius 3 is 1.89 bits per heavy atom. The van der Waals surface area contributed by atoms with Crippen molar-refractivity contribution in [3.05, 3.63) is 59.7 Å². The van der Waals surface area contributed by atoms with Crippen molar-refractivity contribution in [2.45, 2.75) is 12.7 Å². The number of benzene rings is 2. The highest BCUT2D eigenvalue weighted by atomic mass is 16.7. The highest BCUT2D eigenvalue weighted by molar-refractivity contribution is 5.72. The van der Waals surface area contributed by atoms with Crippen molar-refractivity contribution >= 4 is 5.97 Å². The summed E-state index contributed by atoms with van der Waals surface area (Å²) in [7, 11) is 0. The summed E-state index contributed by atoms with van der Waals surface area (Å²) in [5.74, 6) is -0.0553. The fraction of sp³-hybridized carbons (Fsp3) is 0.133. The summed E-state index contributed by atoms with van der Waals surface area (Å²) in [5, 5.41) is 9.16. The Bertz CT molecular complexity index is 574. The molecule has 4 heteroatoms. The third-order valence-electron chi connectivity index (χ3n) is 3.00. The maximum atomic E-state index is 11.2. The molecule has 1 heterocycles. The molecular weight excluding hydrogens is 244 g/mol. The average Bonchev–Trinajstić information content (AvgIpc) is 2.38. The van der Waals surface area contributed by atoms with E-state index in [4.69, 9.17) is 14.6 Å². The fourth-order valence-corrected chi connectivity index (χ4v) is 2.09. The minimum Gasteiger partial charge on any atom is -0.476 e. The van der Waals surface area contributed by atoms with E-state index < -0.39 is 12.3 Å². The standard InChI is InChI=1S/C15H12O4/c16-14(17)15-18-12-7-3-1-5-10(12)9-11-6-2-4-8-13(11)19-15/h1-8,15H,9H2,(H,16,17). The van der Waals surface area contributed by atoms with Crippen molar-refractivity contribution in [2.24, 2.45) is 0 Å². The molecule has 0 saturated carbocycles. The quantitative estimate of drug-likeness (QED) is 0.851. The number of carboxylic acids is 1. The summed E-state index contributed by atoms with van der Waals surface area (Å²) in [4.78, 5) is 11.2. The number of carboxylic acid groups (broad SMARTS) is 1. The highest BCUT2D eigenvalue weighted by Crippen LogP contribution is 2.30. The Balaban J connectivity index is 2.10. The maximum absolute atomic E-state index is 11.2. The molecule has 4 nitrogen and oxygen atoms in total. The smallest absolute Gasteiger partial charge is 0.387 e. The molecule has 2 aromatic rings. The SMILES string of the molecule is O=C(O)C1Oc2ccccc2Cc2ccccc2O1. The largest absolute Gasteiger partial charge is 0.476 e. The van der Waals surface area contributed by atoms with Crippen LogP contribution < -0.4 is 9.47 Å². The van der Waals surface area contributed by atoms with Crippen molar-refractivity contribution in [3.63, 3.8) is 0 Å². The van der Waals surface area contributed by atoms with E-state index in [9.17, 15) is 4.79 Å². The van der Waals surface area contributed by atoms with Gasteiger partial charge < -0.3 is 14.6 Å². The van der Waals surface area contributed by atoms with Gasteiger partial charge in [-0.15, -0.1) is 0 Å². The number of ether oxygens (including phenoxy) is 2. The summed E-state index contributed by atoms with van der Waals surface area (Å²) in [5.41, 5.74) is 1.90. The lowest BCUT2D eigenvalue weighted by Gasteiger charge is -2.23. The van der Waals surface area contributed by atoms with Crippen molar-refractivity contribution < 1.29 is 19.4 Å². The van der Waals surface area contributed by atoms with Gasteiger partial charge in [0.2, 0.25) is 0 Å². The van der Waals surface area contributed by atoms with Gasteiger partial charge in [0.15, 0.2) is 0 Å². The average molecular weight is 256 g/mol. The number of carbonyl (C=O) groups is 1. The van der Waals surface area contributed by atoms with Gasteiger partial charge in [-0.3, -0.25) is 0 Å². The van der Waals surface area contributed by atoms with Crippen molar-refractivity contribution in [1.29, 1.82) is 0 Å². The summed E-state index contributed by atoms with van der Waals surface area (Å²) < 4.78 is 10.9. The first-order valence-electron chi connectivity index (χ1n) is 5.96. The first-order chi connectivity index (χ1) is 9.24. The molecule has 0 unspecified atom stereocenters. The maximum Gasteiger partial charge on any atom is 0.387 e. The number of hydrogen-bond acceptors (Lipinski definition) is 3. The first-order valence-corrected chi connectivity index (χ1v) is 5.96. The number of hydrogen-bond donors (Lipinski definition) is 1. The zero-order valence-electron chi connectivity index (χ0n) is 10.1. The second kappa shape index (κ2) is 4.65. The van der Waals surface area contributed by atoms with Gasteiger partial charge in [-0.25, -0.2) is 4.79 Å². The van der Waals surface area contributed by atoms with Gasteiger partial charge >= 0.3 is 12.3 Å². The van der Waals surface area contributed by atoms with Crippen molar-refractivity contribution in [2.75, 3.05) is 0 Å². The summed E-state index contributed by atoms with van der Waals surface area (Å²) in [6.45, 7) is 0. The van der Waals surface area contributed by atoms with Crippen LogP contribution in [0.2, 0.25) is 0 Å². The van der Waals surface area contributed by atoms with Crippen LogP contribution in [-0.4, -0.2) is 17.4 Å². The van der Waals surface area contributed by atoms with Gasteiger partial charge in [0, 0.05) is 6.42 Å². The molecule has 0 spiro atoms. The molecule has 0 atom stereocenters. The molecule has 0 saturated heterocycles. The third kappa shape index (κ3) is 2.25. The van der Waals surface area contributed by atoms with E-state index in [1.54, 1.807) is 12.1 Å². The van der Waals surface area contributed by atoms with E-state index in [0.29, 0.717) is 17.9 Å². The van der Waals surface area contributed by atoms with Crippen LogP contribution in [-0.2, 0) is 11.2 Å². The van der Waals surface area contributed by atoms with Crippen LogP contribution in [0.3, 0.4) is 0 Å². The van der Waals surface area contributed by atoms with Gasteiger partial charge in [-0.1, -0.05) is 36.4 Å². The van der Waals surface area contributed by atoms with E-state index in [2.05, 4.69) is 0 Å². The molecular formula is C15H12O4. The normalized spacial score (nSPS) is 14.1. The van der Waals surface area contributed by atoms with Crippen LogP contribution >= 0.6 is 0 Å². The Hall–Kier alpha value is -2.49.